The third kappa shape index (κ3) is 3.17. The summed E-state index contributed by atoms with van der Waals surface area (Å²) in [5, 5.41) is 3.70. The minimum atomic E-state index is 0.679. The SMILES string of the molecule is c1ccc2c(c1)CCCC2N(CC1CC1)CC1CCCN1. The molecule has 114 valence electrons. The molecule has 0 radical (unpaired) electrons. The van der Waals surface area contributed by atoms with Crippen molar-refractivity contribution < 1.29 is 0 Å². The second-order valence-electron chi connectivity index (χ2n) is 7.30. The number of benzene rings is 1. The molecule has 1 heterocycles. The second-order valence-corrected chi connectivity index (χ2v) is 7.30. The van der Waals surface area contributed by atoms with E-state index in [9.17, 15) is 0 Å². The fourth-order valence-corrected chi connectivity index (χ4v) is 4.26. The average Bonchev–Trinajstić information content (AvgIpc) is 3.19. The van der Waals surface area contributed by atoms with Gasteiger partial charge in [0.05, 0.1) is 0 Å². The summed E-state index contributed by atoms with van der Waals surface area (Å²) in [6, 6.07) is 10.6. The summed E-state index contributed by atoms with van der Waals surface area (Å²) < 4.78 is 0. The Morgan fingerprint density at radius 3 is 2.71 bits per heavy atom. The van der Waals surface area contributed by atoms with Crippen LogP contribution in [0.15, 0.2) is 24.3 Å². The van der Waals surface area contributed by atoms with E-state index in [-0.39, 0.29) is 0 Å². The lowest BCUT2D eigenvalue weighted by Gasteiger charge is -2.37. The van der Waals surface area contributed by atoms with Gasteiger partial charge in [0, 0.05) is 25.2 Å². The van der Waals surface area contributed by atoms with Crippen LogP contribution < -0.4 is 5.32 Å². The van der Waals surface area contributed by atoms with Gasteiger partial charge in [-0.1, -0.05) is 24.3 Å². The Balaban J connectivity index is 1.54. The van der Waals surface area contributed by atoms with Crippen molar-refractivity contribution in [3.8, 4) is 0 Å². The summed E-state index contributed by atoms with van der Waals surface area (Å²) in [6.45, 7) is 3.82. The molecule has 2 aliphatic carbocycles. The predicted octanol–water partition coefficient (Wildman–Crippen LogP) is 3.53. The molecular formula is C19H28N2. The van der Waals surface area contributed by atoms with Gasteiger partial charge < -0.3 is 5.32 Å². The van der Waals surface area contributed by atoms with Gasteiger partial charge in [-0.3, -0.25) is 4.90 Å². The van der Waals surface area contributed by atoms with Crippen LogP contribution in [-0.2, 0) is 6.42 Å². The molecule has 2 heteroatoms. The maximum Gasteiger partial charge on any atom is 0.0351 e. The minimum Gasteiger partial charge on any atom is -0.313 e. The van der Waals surface area contributed by atoms with Gasteiger partial charge in [0.25, 0.3) is 0 Å². The second kappa shape index (κ2) is 6.10. The first kappa shape index (κ1) is 13.8. The van der Waals surface area contributed by atoms with Gasteiger partial charge >= 0.3 is 0 Å². The van der Waals surface area contributed by atoms with Crippen LogP contribution in [0.3, 0.4) is 0 Å². The van der Waals surface area contributed by atoms with Crippen LogP contribution in [0.25, 0.3) is 0 Å². The van der Waals surface area contributed by atoms with Crippen LogP contribution in [0.4, 0.5) is 0 Å². The van der Waals surface area contributed by atoms with E-state index in [2.05, 4.69) is 34.5 Å². The summed E-state index contributed by atoms with van der Waals surface area (Å²) in [4.78, 5) is 2.83. The van der Waals surface area contributed by atoms with Crippen molar-refractivity contribution in [3.63, 3.8) is 0 Å². The fraction of sp³-hybridized carbons (Fsp3) is 0.684. The highest BCUT2D eigenvalue weighted by atomic mass is 15.2. The van der Waals surface area contributed by atoms with E-state index in [1.54, 1.807) is 11.1 Å². The van der Waals surface area contributed by atoms with Crippen molar-refractivity contribution in [2.45, 2.75) is 57.0 Å². The highest BCUT2D eigenvalue weighted by Crippen LogP contribution is 2.38. The maximum absolute atomic E-state index is 3.70. The van der Waals surface area contributed by atoms with Gasteiger partial charge in [-0.25, -0.2) is 0 Å². The molecular weight excluding hydrogens is 256 g/mol. The van der Waals surface area contributed by atoms with E-state index >= 15 is 0 Å². The Morgan fingerprint density at radius 1 is 1.00 bits per heavy atom. The number of nitrogens with one attached hydrogen (secondary N) is 1. The Labute approximate surface area is 128 Å². The number of nitrogens with zero attached hydrogens (tertiary/aromatic N) is 1. The topological polar surface area (TPSA) is 15.3 Å². The molecule has 2 fully saturated rings. The molecule has 2 nitrogen and oxygen atoms in total. The van der Waals surface area contributed by atoms with Gasteiger partial charge in [0.15, 0.2) is 0 Å². The van der Waals surface area contributed by atoms with Crippen LogP contribution in [0.5, 0.6) is 0 Å². The normalized spacial score (nSPS) is 28.8. The Kier molecular flexibility index (Phi) is 4.00. The molecule has 0 aromatic heterocycles. The molecule has 1 aromatic rings. The Hall–Kier alpha value is -0.860. The molecule has 1 N–H and O–H groups in total. The zero-order chi connectivity index (χ0) is 14.1. The number of fused-ring (bicyclic) bond motifs is 1. The molecule has 1 aliphatic heterocycles. The highest BCUT2D eigenvalue weighted by Gasteiger charge is 2.32. The molecule has 1 saturated heterocycles. The number of aryl methyl sites for hydroxylation is 1. The Morgan fingerprint density at radius 2 is 1.90 bits per heavy atom. The highest BCUT2D eigenvalue weighted by molar-refractivity contribution is 5.32. The molecule has 1 aromatic carbocycles. The van der Waals surface area contributed by atoms with Crippen LogP contribution in [0.1, 0.15) is 55.7 Å². The third-order valence-electron chi connectivity index (χ3n) is 5.59. The van der Waals surface area contributed by atoms with Crippen LogP contribution >= 0.6 is 0 Å². The van der Waals surface area contributed by atoms with Crippen LogP contribution in [0, 0.1) is 5.92 Å². The van der Waals surface area contributed by atoms with Gasteiger partial charge in [0.1, 0.15) is 0 Å². The number of hydrogen-bond acceptors (Lipinski definition) is 2. The molecule has 0 amide bonds. The fourth-order valence-electron chi connectivity index (χ4n) is 4.26. The van der Waals surface area contributed by atoms with Gasteiger partial charge in [-0.15, -0.1) is 0 Å². The average molecular weight is 284 g/mol. The maximum atomic E-state index is 3.70. The lowest BCUT2D eigenvalue weighted by molar-refractivity contribution is 0.156. The van der Waals surface area contributed by atoms with Crippen molar-refractivity contribution in [3.05, 3.63) is 35.4 Å². The van der Waals surface area contributed by atoms with E-state index in [1.165, 1.54) is 64.6 Å². The minimum absolute atomic E-state index is 0.679. The smallest absolute Gasteiger partial charge is 0.0351 e. The largest absolute Gasteiger partial charge is 0.313 e. The van der Waals surface area contributed by atoms with E-state index in [0.717, 1.165) is 12.0 Å². The zero-order valence-corrected chi connectivity index (χ0v) is 13.1. The van der Waals surface area contributed by atoms with E-state index in [1.807, 2.05) is 0 Å². The van der Waals surface area contributed by atoms with Crippen LogP contribution in [0.2, 0.25) is 0 Å². The third-order valence-corrected chi connectivity index (χ3v) is 5.59. The standard InChI is InChI=1S/C19H28N2/c1-2-8-18-16(5-1)6-3-9-19(18)21(13-15-10-11-15)14-17-7-4-12-20-17/h1-2,5,8,15,17,19-20H,3-4,6-7,9-14H2. The molecule has 2 atom stereocenters. The van der Waals surface area contributed by atoms with Crippen molar-refractivity contribution in [1.82, 2.24) is 10.2 Å². The molecule has 21 heavy (non-hydrogen) atoms. The molecule has 2 unspecified atom stereocenters. The monoisotopic (exact) mass is 284 g/mol. The van der Waals surface area contributed by atoms with Crippen molar-refractivity contribution in [2.24, 2.45) is 5.92 Å². The van der Waals surface area contributed by atoms with Gasteiger partial charge in [-0.05, 0) is 68.5 Å². The summed E-state index contributed by atoms with van der Waals surface area (Å²) in [5.74, 6) is 0.987. The van der Waals surface area contributed by atoms with Crippen LogP contribution in [-0.4, -0.2) is 30.6 Å². The van der Waals surface area contributed by atoms with Crippen molar-refractivity contribution in [2.75, 3.05) is 19.6 Å². The summed E-state index contributed by atoms with van der Waals surface area (Å²) in [5.41, 5.74) is 3.23. The predicted molar refractivity (Wildman–Crippen MR) is 87.4 cm³/mol. The lowest BCUT2D eigenvalue weighted by atomic mass is 9.86. The molecule has 0 spiro atoms. The van der Waals surface area contributed by atoms with E-state index < -0.39 is 0 Å². The number of rotatable bonds is 5. The molecule has 4 rings (SSSR count). The first-order valence-corrected chi connectivity index (χ1v) is 8.95. The number of hydrogen-bond donors (Lipinski definition) is 1. The van der Waals surface area contributed by atoms with Crippen molar-refractivity contribution >= 4 is 0 Å². The first-order chi connectivity index (χ1) is 10.4. The lowest BCUT2D eigenvalue weighted by Crippen LogP contribution is -2.41. The van der Waals surface area contributed by atoms with Gasteiger partial charge in [0.2, 0.25) is 0 Å². The molecule has 3 aliphatic rings. The summed E-state index contributed by atoms with van der Waals surface area (Å²) >= 11 is 0. The summed E-state index contributed by atoms with van der Waals surface area (Å²) in [7, 11) is 0. The van der Waals surface area contributed by atoms with E-state index in [0.29, 0.717) is 6.04 Å². The zero-order valence-electron chi connectivity index (χ0n) is 13.1. The Bertz CT molecular complexity index is 474. The van der Waals surface area contributed by atoms with Crippen molar-refractivity contribution in [1.29, 1.82) is 0 Å². The quantitative estimate of drug-likeness (QED) is 0.890. The first-order valence-electron chi connectivity index (χ1n) is 8.95. The van der Waals surface area contributed by atoms with E-state index in [4.69, 9.17) is 0 Å². The molecule has 0 bridgehead atoms. The molecule has 1 saturated carbocycles. The summed E-state index contributed by atoms with van der Waals surface area (Å²) in [6.07, 6.45) is 9.66. The van der Waals surface area contributed by atoms with Gasteiger partial charge in [-0.2, -0.15) is 0 Å².